The topological polar surface area (TPSA) is 436 Å². The molecule has 0 aromatic heterocycles. The maximum absolute atomic E-state index is 14.2. The number of ether oxygens (including phenoxy) is 10. The number of rotatable bonds is 34. The standard InChI is InChI=1S/2C40H54N2O14S.CH4/c2*1-10-12-18-40(11-2)22-57(50,51)33-17-16-30(42(8)9)20-31(33)34(38(40)48)28-14-13-15-29(19-28)41-39(49)37(56-27(7)47)36(55-26(6)46)35(54-25(5)45)32(53-24(4)44)21-52-23(3)43;/h2*13-17,19-20,32,34-38,48H,10-12,18,21-22H2,1-9H3,(H,41,49);1H4/t32-,34+,35-,36+,37-,38+,40+;32-,34-,35-,36+,37-,38-,40-;/m11./s1. The molecule has 0 bridgehead atoms. The van der Waals surface area contributed by atoms with Gasteiger partial charge in [-0.15, -0.1) is 0 Å². The lowest BCUT2D eigenvalue weighted by molar-refractivity contribution is -0.202. The van der Waals surface area contributed by atoms with Gasteiger partial charge in [0.2, 0.25) is 12.2 Å². The molecule has 636 valence electrons. The lowest BCUT2D eigenvalue weighted by Gasteiger charge is -2.39. The number of nitrogens with one attached hydrogen (secondary N) is 2. The van der Waals surface area contributed by atoms with Crippen LogP contribution < -0.4 is 20.4 Å². The first-order valence-electron chi connectivity index (χ1n) is 37.2. The lowest BCUT2D eigenvalue weighted by atomic mass is 9.69. The summed E-state index contributed by atoms with van der Waals surface area (Å²) in [6, 6.07) is 22.7. The maximum atomic E-state index is 14.2. The molecule has 0 radical (unpaired) electrons. The number of esters is 10. The van der Waals surface area contributed by atoms with Crippen LogP contribution in [-0.4, -0.2) is 213 Å². The van der Waals surface area contributed by atoms with Crippen molar-refractivity contribution in [3.8, 4) is 0 Å². The minimum absolute atomic E-state index is 0. The lowest BCUT2D eigenvalue weighted by Crippen LogP contribution is -2.56. The van der Waals surface area contributed by atoms with Crippen LogP contribution >= 0.6 is 0 Å². The molecule has 0 spiro atoms. The van der Waals surface area contributed by atoms with Crippen LogP contribution in [-0.2, 0) is 125 Å². The summed E-state index contributed by atoms with van der Waals surface area (Å²) in [6.45, 7) is 16.4. The van der Waals surface area contributed by atoms with Gasteiger partial charge < -0.3 is 78.0 Å². The van der Waals surface area contributed by atoms with Crippen molar-refractivity contribution in [2.45, 2.75) is 238 Å². The number of hydrogen-bond donors (Lipinski definition) is 4. The Labute approximate surface area is 672 Å². The van der Waals surface area contributed by atoms with Crippen molar-refractivity contribution in [3.63, 3.8) is 0 Å². The van der Waals surface area contributed by atoms with Gasteiger partial charge in [-0.25, -0.2) is 16.8 Å². The molecule has 2 aliphatic heterocycles. The zero-order valence-corrected chi connectivity index (χ0v) is 69.3. The number of unbranched alkanes of at least 4 members (excludes halogenated alkanes) is 2. The minimum Gasteiger partial charge on any atom is -0.462 e. The molecule has 0 unspecified atom stereocenters. The Bertz CT molecular complexity index is 4100. The monoisotopic (exact) mass is 1650 g/mol. The number of aliphatic hydroxyl groups excluding tert-OH is 2. The summed E-state index contributed by atoms with van der Waals surface area (Å²) in [7, 11) is -0.536. The number of carbonyl (C=O) groups is 12. The molecule has 2 aliphatic rings. The van der Waals surface area contributed by atoms with E-state index in [1.807, 2.05) is 65.7 Å². The van der Waals surface area contributed by atoms with E-state index in [0.717, 1.165) is 82.1 Å². The highest BCUT2D eigenvalue weighted by Gasteiger charge is 2.53. The number of carbonyl (C=O) groups excluding carboxylic acids is 12. The molecule has 4 aromatic rings. The number of aliphatic hydroxyl groups is 2. The van der Waals surface area contributed by atoms with Crippen LogP contribution in [0.3, 0.4) is 0 Å². The van der Waals surface area contributed by atoms with Crippen LogP contribution in [0.2, 0.25) is 0 Å². The Morgan fingerprint density at radius 3 is 1.00 bits per heavy atom. The Hall–Kier alpha value is -10.1. The molecule has 0 fully saturated rings. The van der Waals surface area contributed by atoms with E-state index >= 15 is 0 Å². The van der Waals surface area contributed by atoms with Gasteiger partial charge in [-0.2, -0.15) is 0 Å². The van der Waals surface area contributed by atoms with Gasteiger partial charge in [0.1, 0.15) is 13.2 Å². The quantitative estimate of drug-likeness (QED) is 0.0252. The van der Waals surface area contributed by atoms with E-state index in [2.05, 4.69) is 10.6 Å². The summed E-state index contributed by atoms with van der Waals surface area (Å²) < 4.78 is 109. The van der Waals surface area contributed by atoms with E-state index in [-0.39, 0.29) is 40.1 Å². The van der Waals surface area contributed by atoms with Crippen LogP contribution in [0.15, 0.2) is 94.7 Å². The predicted molar refractivity (Wildman–Crippen MR) is 420 cm³/mol. The van der Waals surface area contributed by atoms with Crippen LogP contribution in [0.1, 0.15) is 190 Å². The number of amides is 2. The highest BCUT2D eigenvalue weighted by molar-refractivity contribution is 7.91. The highest BCUT2D eigenvalue weighted by Crippen LogP contribution is 2.52. The van der Waals surface area contributed by atoms with Gasteiger partial charge in [0.15, 0.2) is 56.3 Å². The largest absolute Gasteiger partial charge is 0.462 e. The van der Waals surface area contributed by atoms with Crippen molar-refractivity contribution >= 4 is 114 Å². The molecular weight excluding hydrogens is 1540 g/mol. The summed E-state index contributed by atoms with van der Waals surface area (Å²) in [6.07, 6.45) is -12.8. The van der Waals surface area contributed by atoms with Gasteiger partial charge in [0, 0.05) is 143 Å². The molecule has 2 amide bonds. The molecular formula is C81H112N4O28S2. The average Bonchev–Trinajstić information content (AvgIpc) is 1.60. The van der Waals surface area contributed by atoms with E-state index in [1.165, 1.54) is 12.1 Å². The number of anilines is 4. The number of benzene rings is 4. The fraction of sp³-hybridized carbons (Fsp3) is 0.556. The van der Waals surface area contributed by atoms with E-state index in [9.17, 15) is 84.6 Å². The summed E-state index contributed by atoms with van der Waals surface area (Å²) in [5.74, 6) is -13.9. The molecule has 4 aromatic carbocycles. The molecule has 34 heteroatoms. The molecule has 0 aliphatic carbocycles. The normalized spacial score (nSPS) is 20.3. The summed E-state index contributed by atoms with van der Waals surface area (Å²) >= 11 is 0. The second-order valence-electron chi connectivity index (χ2n) is 28.7. The third-order valence-corrected chi connectivity index (χ3v) is 23.5. The molecule has 6 rings (SSSR count). The number of sulfone groups is 2. The van der Waals surface area contributed by atoms with Gasteiger partial charge in [-0.1, -0.05) is 85.1 Å². The first kappa shape index (κ1) is 97.3. The SMILES string of the molecule is C.CCCC[C@@]1(CC)CS(=O)(=O)c2ccc(N(C)C)cc2[C@H](c2cccc(NC(=O)[C@H](OC(C)=O)[C@@H](OC(C)=O)[C@H](OC(C)=O)[C@@H](COC(C)=O)OC(C)=O)c2)[C@@H]1O.CCCC[C@]1(CC)CS(=O)(=O)c2ccc(N(C)C)cc2[C@@H](c2cccc(NC(=O)[C@H](OC(C)=O)[C@@H](OC(C)=O)[C@H](OC(C)=O)[C@@H](COC(C)=O)OC(C)=O)c2)[C@H]1O. The van der Waals surface area contributed by atoms with Crippen molar-refractivity contribution in [1.82, 2.24) is 0 Å². The third kappa shape index (κ3) is 26.5. The molecule has 2 heterocycles. The average molecular weight is 1650 g/mol. The molecule has 115 heavy (non-hydrogen) atoms. The molecule has 0 saturated carbocycles. The fourth-order valence-corrected chi connectivity index (χ4v) is 18.8. The zero-order valence-electron chi connectivity index (χ0n) is 67.7. The number of nitrogens with zero attached hydrogens (tertiary/aromatic N) is 2. The third-order valence-electron chi connectivity index (χ3n) is 19.5. The van der Waals surface area contributed by atoms with Gasteiger partial charge in [0.05, 0.1) is 33.5 Å². The van der Waals surface area contributed by atoms with Crippen molar-refractivity contribution < 1.29 is 132 Å². The Morgan fingerprint density at radius 2 is 0.730 bits per heavy atom. The van der Waals surface area contributed by atoms with Gasteiger partial charge >= 0.3 is 59.7 Å². The maximum Gasteiger partial charge on any atom is 0.303 e. The fourth-order valence-electron chi connectivity index (χ4n) is 14.2. The molecule has 0 saturated heterocycles. The second kappa shape index (κ2) is 43.1. The first-order chi connectivity index (χ1) is 53.3. The van der Waals surface area contributed by atoms with E-state index < -0.39 is 188 Å². The van der Waals surface area contributed by atoms with E-state index in [4.69, 9.17) is 47.4 Å². The minimum atomic E-state index is -3.89. The Morgan fingerprint density at radius 1 is 0.426 bits per heavy atom. The molecule has 4 N–H and O–H groups in total. The Kier molecular flexibility index (Phi) is 36.4. The zero-order chi connectivity index (χ0) is 85.7. The summed E-state index contributed by atoms with van der Waals surface area (Å²) in [4.78, 5) is 154. The highest BCUT2D eigenvalue weighted by atomic mass is 32.2. The molecule has 32 nitrogen and oxygen atoms in total. The van der Waals surface area contributed by atoms with Crippen LogP contribution in [0.25, 0.3) is 0 Å². The number of hydrogen-bond acceptors (Lipinski definition) is 30. The van der Waals surface area contributed by atoms with E-state index in [1.54, 1.807) is 72.8 Å². The Balaban J connectivity index is 0.000000480. The second-order valence-corrected chi connectivity index (χ2v) is 32.6. The number of fused-ring (bicyclic) bond motifs is 2. The van der Waals surface area contributed by atoms with Gasteiger partial charge in [-0.05, 0) is 109 Å². The van der Waals surface area contributed by atoms with Crippen molar-refractivity contribution in [2.75, 3.05) is 73.3 Å². The van der Waals surface area contributed by atoms with Crippen LogP contribution in [0.5, 0.6) is 0 Å². The van der Waals surface area contributed by atoms with Crippen molar-refractivity contribution in [2.24, 2.45) is 10.8 Å². The summed E-state index contributed by atoms with van der Waals surface area (Å²) in [5.41, 5.74) is 1.24. The van der Waals surface area contributed by atoms with Crippen molar-refractivity contribution in [1.29, 1.82) is 0 Å². The van der Waals surface area contributed by atoms with Gasteiger partial charge in [-0.3, -0.25) is 57.5 Å². The first-order valence-corrected chi connectivity index (χ1v) is 40.5. The van der Waals surface area contributed by atoms with E-state index in [0.29, 0.717) is 72.2 Å². The smallest absolute Gasteiger partial charge is 0.303 e. The van der Waals surface area contributed by atoms with Crippen LogP contribution in [0.4, 0.5) is 22.7 Å². The predicted octanol–water partition coefficient (Wildman–Crippen LogP) is 8.33. The van der Waals surface area contributed by atoms with Crippen molar-refractivity contribution in [3.05, 3.63) is 107 Å². The van der Waals surface area contributed by atoms with Gasteiger partial charge in [0.25, 0.3) is 11.8 Å². The molecule has 14 atom stereocenters. The van der Waals surface area contributed by atoms with Crippen LogP contribution in [0, 0.1) is 10.8 Å². The summed E-state index contributed by atoms with van der Waals surface area (Å²) in [5, 5.41) is 30.1.